The maximum absolute atomic E-state index is 11.1. The van der Waals surface area contributed by atoms with E-state index in [1.807, 2.05) is 0 Å². The third-order valence-electron chi connectivity index (χ3n) is 12.7. The number of rotatable bonds is 7. The van der Waals surface area contributed by atoms with Crippen LogP contribution >= 0.6 is 0 Å². The highest BCUT2D eigenvalue weighted by Crippen LogP contribution is 2.67. The minimum absolute atomic E-state index is 0.128. The normalized spacial score (nSPS) is 40.8. The van der Waals surface area contributed by atoms with Crippen molar-refractivity contribution in [1.29, 1.82) is 0 Å². The molecule has 0 bridgehead atoms. The molecule has 2 nitrogen and oxygen atoms in total. The molecule has 1 unspecified atom stereocenters. The second-order valence-corrected chi connectivity index (χ2v) is 20.9. The molecule has 0 aromatic heterocycles. The maximum Gasteiger partial charge on any atom is 0.192 e. The van der Waals surface area contributed by atoms with Crippen LogP contribution in [0.3, 0.4) is 0 Å². The van der Waals surface area contributed by atoms with E-state index in [0.29, 0.717) is 34.7 Å². The van der Waals surface area contributed by atoms with Crippen molar-refractivity contribution >= 4 is 8.32 Å². The van der Waals surface area contributed by atoms with Crippen LogP contribution < -0.4 is 0 Å². The molecule has 4 rings (SSSR count). The average Bonchev–Trinajstić information content (AvgIpc) is 3.13. The molecule has 4 aliphatic carbocycles. The Kier molecular flexibility index (Phi) is 8.12. The summed E-state index contributed by atoms with van der Waals surface area (Å²) in [5.74, 6) is 4.35. The lowest BCUT2D eigenvalue weighted by atomic mass is 9.47. The largest absolute Gasteiger partial charge is 0.414 e. The van der Waals surface area contributed by atoms with E-state index in [2.05, 4.69) is 74.6 Å². The first-order chi connectivity index (χ1) is 16.6. The van der Waals surface area contributed by atoms with Crippen LogP contribution in [0, 0.1) is 46.3 Å². The topological polar surface area (TPSA) is 29.5 Å². The van der Waals surface area contributed by atoms with Crippen LogP contribution in [0.25, 0.3) is 0 Å². The first kappa shape index (κ1) is 28.9. The van der Waals surface area contributed by atoms with Gasteiger partial charge in [0.05, 0.1) is 6.10 Å². The highest BCUT2D eigenvalue weighted by Gasteiger charge is 2.59. The zero-order valence-electron chi connectivity index (χ0n) is 25.6. The van der Waals surface area contributed by atoms with E-state index >= 15 is 0 Å². The Morgan fingerprint density at radius 1 is 1.00 bits per heavy atom. The molecule has 0 radical (unpaired) electrons. The second kappa shape index (κ2) is 10.1. The molecular formula is C33H60O2Si. The highest BCUT2D eigenvalue weighted by atomic mass is 28.4. The summed E-state index contributed by atoms with van der Waals surface area (Å²) in [5, 5.41) is 11.4. The fourth-order valence-electron chi connectivity index (χ4n) is 9.26. The van der Waals surface area contributed by atoms with Gasteiger partial charge in [-0.25, -0.2) is 0 Å². The summed E-state index contributed by atoms with van der Waals surface area (Å²) in [5.41, 5.74) is 2.55. The first-order valence-corrected chi connectivity index (χ1v) is 18.6. The molecule has 4 aliphatic rings. The Bertz CT molecular complexity index is 809. The standard InChI is InChI=1S/C33H60O2Si/c1-22(2)11-16-30(34)23(3)27-14-15-28-26-13-12-24-21-25(35-36(9,10)31(4,5)6)17-19-32(24,7)29(26)18-20-33(27,28)8/h12,22-23,25-30,34H,11,13-21H2,1-10H3/t23-,25-,26-,27+,28-,29-,30?,32-,33+/m1/s1. The molecule has 0 amide bonds. The molecule has 36 heavy (non-hydrogen) atoms. The van der Waals surface area contributed by atoms with Crippen molar-refractivity contribution < 1.29 is 9.53 Å². The minimum atomic E-state index is -1.72. The summed E-state index contributed by atoms with van der Waals surface area (Å²) in [4.78, 5) is 0. The summed E-state index contributed by atoms with van der Waals surface area (Å²) in [6.45, 7) is 24.1. The van der Waals surface area contributed by atoms with Crippen LogP contribution in [0.5, 0.6) is 0 Å². The molecule has 0 saturated heterocycles. The monoisotopic (exact) mass is 516 g/mol. The molecule has 0 spiro atoms. The van der Waals surface area contributed by atoms with Crippen LogP contribution in [0.4, 0.5) is 0 Å². The van der Waals surface area contributed by atoms with Crippen molar-refractivity contribution in [1.82, 2.24) is 0 Å². The van der Waals surface area contributed by atoms with Crippen molar-refractivity contribution in [3.8, 4) is 0 Å². The lowest BCUT2D eigenvalue weighted by Gasteiger charge is -2.59. The Balaban J connectivity index is 1.47. The molecule has 1 N–H and O–H groups in total. The molecule has 3 saturated carbocycles. The summed E-state index contributed by atoms with van der Waals surface area (Å²) < 4.78 is 6.93. The van der Waals surface area contributed by atoms with Gasteiger partial charge in [-0.2, -0.15) is 0 Å². The van der Waals surface area contributed by atoms with Gasteiger partial charge in [0.1, 0.15) is 0 Å². The van der Waals surface area contributed by atoms with E-state index in [-0.39, 0.29) is 11.1 Å². The van der Waals surface area contributed by atoms with Gasteiger partial charge in [0.2, 0.25) is 0 Å². The zero-order chi connectivity index (χ0) is 26.7. The smallest absolute Gasteiger partial charge is 0.192 e. The van der Waals surface area contributed by atoms with Crippen molar-refractivity contribution in [2.24, 2.45) is 46.3 Å². The van der Waals surface area contributed by atoms with E-state index in [4.69, 9.17) is 4.43 Å². The molecule has 9 atom stereocenters. The maximum atomic E-state index is 11.1. The van der Waals surface area contributed by atoms with Crippen molar-refractivity contribution in [3.05, 3.63) is 11.6 Å². The van der Waals surface area contributed by atoms with Crippen LogP contribution in [0.2, 0.25) is 18.1 Å². The highest BCUT2D eigenvalue weighted by molar-refractivity contribution is 6.74. The second-order valence-electron chi connectivity index (χ2n) is 16.1. The number of allylic oxidation sites excluding steroid dienone is 1. The lowest BCUT2D eigenvalue weighted by molar-refractivity contribution is -0.0676. The van der Waals surface area contributed by atoms with E-state index in [0.717, 1.165) is 30.6 Å². The Morgan fingerprint density at radius 2 is 1.69 bits per heavy atom. The van der Waals surface area contributed by atoms with Crippen LogP contribution in [0.1, 0.15) is 120 Å². The number of fused-ring (bicyclic) bond motifs is 5. The number of hydrogen-bond donors (Lipinski definition) is 1. The quantitative estimate of drug-likeness (QED) is 0.270. The van der Waals surface area contributed by atoms with E-state index in [1.54, 1.807) is 5.57 Å². The Morgan fingerprint density at radius 3 is 2.33 bits per heavy atom. The fourth-order valence-corrected chi connectivity index (χ4v) is 10.6. The number of aliphatic hydroxyl groups is 1. The SMILES string of the molecule is CC(C)CCC(O)[C@H](C)[C@@H]1CC[C@@H]2[C@H]3CC=C4C[C@H](O[Si](C)(C)C(C)(C)C)CC[C@@]4(C)[C@@H]3CC[C@]21C. The van der Waals surface area contributed by atoms with Crippen molar-refractivity contribution in [3.63, 3.8) is 0 Å². The average molecular weight is 517 g/mol. The fraction of sp³-hybridized carbons (Fsp3) is 0.939. The number of aliphatic hydroxyl groups excluding tert-OH is 1. The van der Waals surface area contributed by atoms with Gasteiger partial charge < -0.3 is 9.53 Å². The zero-order valence-corrected chi connectivity index (χ0v) is 26.6. The molecule has 0 aromatic carbocycles. The van der Waals surface area contributed by atoms with Gasteiger partial charge in [0.25, 0.3) is 0 Å². The van der Waals surface area contributed by atoms with Gasteiger partial charge in [0.15, 0.2) is 8.32 Å². The van der Waals surface area contributed by atoms with Gasteiger partial charge in [0, 0.05) is 6.10 Å². The van der Waals surface area contributed by atoms with Crippen LogP contribution in [0.15, 0.2) is 11.6 Å². The van der Waals surface area contributed by atoms with Crippen molar-refractivity contribution in [2.75, 3.05) is 0 Å². The molecule has 3 fully saturated rings. The molecule has 0 aromatic rings. The molecule has 208 valence electrons. The van der Waals surface area contributed by atoms with Gasteiger partial charge in [-0.3, -0.25) is 0 Å². The van der Waals surface area contributed by atoms with Gasteiger partial charge in [-0.1, -0.05) is 67.0 Å². The summed E-state index contributed by atoms with van der Waals surface area (Å²) in [7, 11) is -1.72. The van der Waals surface area contributed by atoms with E-state index in [9.17, 15) is 5.11 Å². The number of hydrogen-bond acceptors (Lipinski definition) is 2. The molecule has 0 heterocycles. The first-order valence-electron chi connectivity index (χ1n) is 15.7. The lowest BCUT2D eigenvalue weighted by Crippen LogP contribution is -2.52. The summed E-state index contributed by atoms with van der Waals surface area (Å²) >= 11 is 0. The Hall–Kier alpha value is -0.123. The summed E-state index contributed by atoms with van der Waals surface area (Å²) in [6, 6.07) is 0. The van der Waals surface area contributed by atoms with Gasteiger partial charge in [-0.05, 0) is 129 Å². The third kappa shape index (κ3) is 5.08. The van der Waals surface area contributed by atoms with Crippen LogP contribution in [-0.4, -0.2) is 25.6 Å². The Labute approximate surface area is 225 Å². The van der Waals surface area contributed by atoms with Gasteiger partial charge in [-0.15, -0.1) is 0 Å². The molecular weight excluding hydrogens is 456 g/mol. The molecule has 3 heteroatoms. The minimum Gasteiger partial charge on any atom is -0.414 e. The third-order valence-corrected chi connectivity index (χ3v) is 17.2. The van der Waals surface area contributed by atoms with Crippen LogP contribution in [-0.2, 0) is 4.43 Å². The van der Waals surface area contributed by atoms with E-state index < -0.39 is 8.32 Å². The van der Waals surface area contributed by atoms with Gasteiger partial charge >= 0.3 is 0 Å². The summed E-state index contributed by atoms with van der Waals surface area (Å²) in [6.07, 6.45) is 15.6. The predicted molar refractivity (Wildman–Crippen MR) is 157 cm³/mol. The predicted octanol–water partition coefficient (Wildman–Crippen LogP) is 9.39. The molecule has 0 aliphatic heterocycles. The van der Waals surface area contributed by atoms with E-state index in [1.165, 1.54) is 51.4 Å². The van der Waals surface area contributed by atoms with Crippen molar-refractivity contribution in [2.45, 2.75) is 150 Å².